The van der Waals surface area contributed by atoms with Crippen LogP contribution in [0.15, 0.2) is 46.8 Å². The summed E-state index contributed by atoms with van der Waals surface area (Å²) in [6, 6.07) is 4.98. The predicted molar refractivity (Wildman–Crippen MR) is 133 cm³/mol. The van der Waals surface area contributed by atoms with Gasteiger partial charge in [-0.25, -0.2) is 9.78 Å². The molecular formula is C25H26N6O6. The molecular weight excluding hydrogens is 480 g/mol. The molecule has 3 amide bonds. The first-order valence-electron chi connectivity index (χ1n) is 11.7. The van der Waals surface area contributed by atoms with Crippen LogP contribution in [0.4, 0.5) is 5.69 Å². The van der Waals surface area contributed by atoms with E-state index in [9.17, 15) is 24.0 Å². The van der Waals surface area contributed by atoms with Gasteiger partial charge < -0.3 is 14.2 Å². The molecule has 5 rings (SSSR count). The van der Waals surface area contributed by atoms with Crippen molar-refractivity contribution >= 4 is 34.6 Å². The number of carbonyl (C=O) groups is 3. The van der Waals surface area contributed by atoms with E-state index in [2.05, 4.69) is 11.6 Å². The number of carbonyl (C=O) groups excluding carboxylic acids is 3. The number of likely N-dealkylation sites (tertiary alicyclic amines) is 1. The first-order valence-corrected chi connectivity index (χ1v) is 11.7. The van der Waals surface area contributed by atoms with Gasteiger partial charge in [-0.3, -0.25) is 33.2 Å². The van der Waals surface area contributed by atoms with Crippen molar-refractivity contribution in [3.05, 3.63) is 63.6 Å². The number of aromatic nitrogens is 4. The number of nitrogens with zero attached hydrogens (tertiary/aromatic N) is 6. The van der Waals surface area contributed by atoms with Gasteiger partial charge in [0.2, 0.25) is 17.7 Å². The summed E-state index contributed by atoms with van der Waals surface area (Å²) in [5, 5.41) is 0. The maximum absolute atomic E-state index is 13.8. The number of imide groups is 1. The van der Waals surface area contributed by atoms with Crippen molar-refractivity contribution in [2.45, 2.75) is 24.8 Å². The highest BCUT2D eigenvalue weighted by Crippen LogP contribution is 2.49. The summed E-state index contributed by atoms with van der Waals surface area (Å²) in [4.78, 5) is 72.5. The molecule has 12 nitrogen and oxygen atoms in total. The van der Waals surface area contributed by atoms with Gasteiger partial charge in [-0.15, -0.1) is 6.58 Å². The zero-order chi connectivity index (χ0) is 26.6. The van der Waals surface area contributed by atoms with Crippen LogP contribution in [0.25, 0.3) is 11.2 Å². The first kappa shape index (κ1) is 24.2. The number of anilines is 1. The van der Waals surface area contributed by atoms with Crippen LogP contribution in [0.2, 0.25) is 0 Å². The fourth-order valence-corrected chi connectivity index (χ4v) is 5.31. The predicted octanol–water partition coefficient (Wildman–Crippen LogP) is 0.0619. The molecule has 0 aliphatic carbocycles. The molecule has 0 N–H and O–H groups in total. The zero-order valence-corrected chi connectivity index (χ0v) is 20.8. The van der Waals surface area contributed by atoms with Gasteiger partial charge in [0.1, 0.15) is 5.75 Å². The molecule has 1 fully saturated rings. The summed E-state index contributed by atoms with van der Waals surface area (Å²) in [6.45, 7) is 3.78. The standard InChI is InChI=1S/C25H26N6O6/c1-5-9-30-18(32)13-25(23(30)35)16-12-15(37-4)7-8-17(16)29(22(25)34)10-6-11-31-21(33)19-20(26-14-27(19)2)28(3)24(31)36/h5,7-8,12,14H,1,6,9-11,13H2,2-4H3. The Bertz CT molecular complexity index is 1610. The molecule has 1 saturated heterocycles. The fourth-order valence-electron chi connectivity index (χ4n) is 5.31. The van der Waals surface area contributed by atoms with Gasteiger partial charge in [0.05, 0.1) is 19.9 Å². The Morgan fingerprint density at radius 2 is 1.81 bits per heavy atom. The maximum atomic E-state index is 13.8. The van der Waals surface area contributed by atoms with E-state index in [0.717, 1.165) is 9.47 Å². The summed E-state index contributed by atoms with van der Waals surface area (Å²) < 4.78 is 9.31. The second-order valence-corrected chi connectivity index (χ2v) is 9.20. The van der Waals surface area contributed by atoms with Crippen LogP contribution in [-0.4, -0.2) is 61.5 Å². The van der Waals surface area contributed by atoms with E-state index in [1.54, 1.807) is 36.9 Å². The maximum Gasteiger partial charge on any atom is 0.332 e. The van der Waals surface area contributed by atoms with Crippen LogP contribution in [0.3, 0.4) is 0 Å². The number of hydrogen-bond donors (Lipinski definition) is 0. The normalized spacial score (nSPS) is 18.9. The van der Waals surface area contributed by atoms with Crippen LogP contribution in [-0.2, 0) is 40.4 Å². The van der Waals surface area contributed by atoms with Crippen LogP contribution in [0.5, 0.6) is 5.75 Å². The van der Waals surface area contributed by atoms with Gasteiger partial charge in [0.15, 0.2) is 16.6 Å². The number of aryl methyl sites for hydroxylation is 2. The third-order valence-electron chi connectivity index (χ3n) is 7.17. The summed E-state index contributed by atoms with van der Waals surface area (Å²) in [7, 11) is 4.70. The van der Waals surface area contributed by atoms with Crippen molar-refractivity contribution in [2.24, 2.45) is 14.1 Å². The van der Waals surface area contributed by atoms with E-state index >= 15 is 0 Å². The van der Waals surface area contributed by atoms with Crippen molar-refractivity contribution < 1.29 is 19.1 Å². The van der Waals surface area contributed by atoms with E-state index in [1.165, 1.54) is 29.0 Å². The van der Waals surface area contributed by atoms with Crippen molar-refractivity contribution in [3.63, 3.8) is 0 Å². The quantitative estimate of drug-likeness (QED) is 0.252. The molecule has 1 unspecified atom stereocenters. The summed E-state index contributed by atoms with van der Waals surface area (Å²) in [5.74, 6) is -1.10. The average Bonchev–Trinajstić information content (AvgIpc) is 3.47. The van der Waals surface area contributed by atoms with Crippen LogP contribution in [0, 0.1) is 0 Å². The summed E-state index contributed by atoms with van der Waals surface area (Å²) >= 11 is 0. The Hall–Kier alpha value is -4.48. The third-order valence-corrected chi connectivity index (χ3v) is 7.17. The molecule has 37 heavy (non-hydrogen) atoms. The van der Waals surface area contributed by atoms with E-state index < -0.39 is 34.4 Å². The van der Waals surface area contributed by atoms with Crippen LogP contribution in [0.1, 0.15) is 18.4 Å². The number of imidazole rings is 1. The molecule has 0 radical (unpaired) electrons. The second kappa shape index (κ2) is 8.57. The topological polar surface area (TPSA) is 129 Å². The molecule has 1 atom stereocenters. The van der Waals surface area contributed by atoms with Gasteiger partial charge in [-0.05, 0) is 24.6 Å². The van der Waals surface area contributed by atoms with Gasteiger partial charge in [-0.1, -0.05) is 6.08 Å². The van der Waals surface area contributed by atoms with Crippen molar-refractivity contribution in [3.8, 4) is 5.75 Å². The van der Waals surface area contributed by atoms with Gasteiger partial charge in [0, 0.05) is 45.0 Å². The number of methoxy groups -OCH3 is 1. The number of rotatable bonds is 7. The van der Waals surface area contributed by atoms with E-state index in [1.807, 2.05) is 0 Å². The molecule has 0 bridgehead atoms. The van der Waals surface area contributed by atoms with Crippen molar-refractivity contribution in [2.75, 3.05) is 25.1 Å². The number of fused-ring (bicyclic) bond motifs is 3. The van der Waals surface area contributed by atoms with E-state index in [0.29, 0.717) is 28.2 Å². The number of amides is 3. The summed E-state index contributed by atoms with van der Waals surface area (Å²) in [5.41, 5.74) is -1.16. The molecule has 2 aromatic heterocycles. The minimum Gasteiger partial charge on any atom is -0.497 e. The molecule has 2 aliphatic heterocycles. The van der Waals surface area contributed by atoms with Gasteiger partial charge >= 0.3 is 5.69 Å². The van der Waals surface area contributed by atoms with Crippen LogP contribution >= 0.6 is 0 Å². The monoisotopic (exact) mass is 506 g/mol. The Morgan fingerprint density at radius 1 is 1.08 bits per heavy atom. The first-order chi connectivity index (χ1) is 17.7. The van der Waals surface area contributed by atoms with Gasteiger partial charge in [0.25, 0.3) is 5.56 Å². The second-order valence-electron chi connectivity index (χ2n) is 9.20. The smallest absolute Gasteiger partial charge is 0.332 e. The lowest BCUT2D eigenvalue weighted by atomic mass is 9.80. The average molecular weight is 507 g/mol. The molecule has 3 aromatic rings. The SMILES string of the molecule is C=CCN1C(=O)CC2(C1=O)C(=O)N(CCCn1c(=O)c3c(ncn3C)n(C)c1=O)c1ccc(OC)cc12. The molecule has 12 heteroatoms. The lowest BCUT2D eigenvalue weighted by molar-refractivity contribution is -0.140. The molecule has 1 aromatic carbocycles. The Balaban J connectivity index is 1.49. The van der Waals surface area contributed by atoms with Crippen molar-refractivity contribution in [1.82, 2.24) is 23.6 Å². The van der Waals surface area contributed by atoms with Crippen molar-refractivity contribution in [1.29, 1.82) is 0 Å². The lowest BCUT2D eigenvalue weighted by Crippen LogP contribution is -2.47. The third kappa shape index (κ3) is 3.28. The van der Waals surface area contributed by atoms with E-state index in [4.69, 9.17) is 4.74 Å². The molecule has 0 saturated carbocycles. The highest BCUT2D eigenvalue weighted by atomic mass is 16.5. The minimum absolute atomic E-state index is 0.00863. The Labute approximate surface area is 211 Å². The van der Waals surface area contributed by atoms with Crippen LogP contribution < -0.4 is 20.9 Å². The largest absolute Gasteiger partial charge is 0.497 e. The lowest BCUT2D eigenvalue weighted by Gasteiger charge is -2.22. The van der Waals surface area contributed by atoms with E-state index in [-0.39, 0.29) is 32.5 Å². The molecule has 192 valence electrons. The number of benzene rings is 1. The Kier molecular flexibility index (Phi) is 5.61. The summed E-state index contributed by atoms with van der Waals surface area (Å²) in [6.07, 6.45) is 2.88. The Morgan fingerprint density at radius 3 is 2.51 bits per heavy atom. The fraction of sp³-hybridized carbons (Fsp3) is 0.360. The molecule has 2 aliphatic rings. The highest BCUT2D eigenvalue weighted by Gasteiger charge is 2.63. The minimum atomic E-state index is -1.68. The highest BCUT2D eigenvalue weighted by molar-refractivity contribution is 6.28. The zero-order valence-electron chi connectivity index (χ0n) is 20.8. The number of hydrogen-bond acceptors (Lipinski definition) is 7. The number of ether oxygens (including phenoxy) is 1. The van der Waals surface area contributed by atoms with Gasteiger partial charge in [-0.2, -0.15) is 0 Å². The molecule has 1 spiro atoms. The molecule has 4 heterocycles.